The number of hydrogen-bond donors (Lipinski definition) is 1. The minimum absolute atomic E-state index is 0.0522. The number of carbonyl (C=O) groups excluding carboxylic acids is 1. The van der Waals surface area contributed by atoms with Crippen LogP contribution in [0.15, 0.2) is 34.9 Å². The van der Waals surface area contributed by atoms with E-state index < -0.39 is 11.9 Å². The van der Waals surface area contributed by atoms with Gasteiger partial charge in [-0.05, 0) is 0 Å². The summed E-state index contributed by atoms with van der Waals surface area (Å²) in [5.41, 5.74) is 0.824. The van der Waals surface area contributed by atoms with Crippen molar-refractivity contribution in [1.29, 1.82) is 0 Å². The van der Waals surface area contributed by atoms with Crippen molar-refractivity contribution < 1.29 is 19.2 Å². The third kappa shape index (κ3) is 3.78. The minimum atomic E-state index is -0.941. The van der Waals surface area contributed by atoms with Gasteiger partial charge < -0.3 is 19.4 Å². The van der Waals surface area contributed by atoms with E-state index in [4.69, 9.17) is 4.52 Å². The van der Waals surface area contributed by atoms with Gasteiger partial charge in [0.2, 0.25) is 11.7 Å². The average Bonchev–Trinajstić information content (AvgIpc) is 3.01. The molecular formula is C17H20N4O4. The fraction of sp³-hybridized carbons (Fsp3) is 0.412. The topological polar surface area (TPSA) is 99.8 Å². The molecule has 1 aliphatic heterocycles. The lowest BCUT2D eigenvalue weighted by Gasteiger charge is -2.21. The molecule has 0 saturated carbocycles. The van der Waals surface area contributed by atoms with Crippen molar-refractivity contribution in [3.8, 4) is 11.4 Å². The van der Waals surface area contributed by atoms with E-state index in [2.05, 4.69) is 10.1 Å². The third-order valence-corrected chi connectivity index (χ3v) is 4.24. The molecule has 1 atom stereocenters. The molecule has 2 aromatic rings. The Labute approximate surface area is 145 Å². The first-order valence-electron chi connectivity index (χ1n) is 8.23. The number of benzene rings is 1. The molecule has 1 aliphatic rings. The van der Waals surface area contributed by atoms with E-state index in [1.54, 1.807) is 16.7 Å². The second kappa shape index (κ2) is 7.33. The number of aromatic nitrogens is 2. The average molecular weight is 344 g/mol. The summed E-state index contributed by atoms with van der Waals surface area (Å²) in [4.78, 5) is 31.2. The zero-order valence-electron chi connectivity index (χ0n) is 14.0. The molecule has 3 rings (SSSR count). The van der Waals surface area contributed by atoms with Gasteiger partial charge in [-0.3, -0.25) is 9.59 Å². The molecule has 1 aromatic heterocycles. The van der Waals surface area contributed by atoms with E-state index in [1.165, 1.54) is 0 Å². The molecular weight excluding hydrogens is 324 g/mol. The van der Waals surface area contributed by atoms with Crippen molar-refractivity contribution in [1.82, 2.24) is 15.0 Å². The van der Waals surface area contributed by atoms with Gasteiger partial charge in [0, 0.05) is 38.2 Å². The Bertz CT molecular complexity index is 746. The number of nitrogens with zero attached hydrogens (tertiary/aromatic N) is 4. The number of rotatable bonds is 4. The monoisotopic (exact) mass is 344 g/mol. The largest absolute Gasteiger partial charge is 0.481 e. The number of anilines is 1. The van der Waals surface area contributed by atoms with Crippen LogP contribution >= 0.6 is 0 Å². The van der Waals surface area contributed by atoms with Gasteiger partial charge in [-0.2, -0.15) is 4.98 Å². The second-order valence-corrected chi connectivity index (χ2v) is 5.94. The van der Waals surface area contributed by atoms with Crippen LogP contribution in [0.3, 0.4) is 0 Å². The fourth-order valence-electron chi connectivity index (χ4n) is 2.84. The van der Waals surface area contributed by atoms with Crippen LogP contribution in [-0.2, 0) is 9.59 Å². The molecule has 2 heterocycles. The molecule has 132 valence electrons. The van der Waals surface area contributed by atoms with Crippen LogP contribution in [0, 0.1) is 5.92 Å². The van der Waals surface area contributed by atoms with Crippen LogP contribution < -0.4 is 4.90 Å². The normalized spacial score (nSPS) is 18.0. The van der Waals surface area contributed by atoms with Gasteiger partial charge in [-0.25, -0.2) is 0 Å². The van der Waals surface area contributed by atoms with Crippen LogP contribution in [0.4, 0.5) is 6.01 Å². The summed E-state index contributed by atoms with van der Waals surface area (Å²) >= 11 is 0. The lowest BCUT2D eigenvalue weighted by molar-refractivity contribution is -0.142. The maximum Gasteiger partial charge on any atom is 0.324 e. The van der Waals surface area contributed by atoms with Gasteiger partial charge in [0.1, 0.15) is 0 Å². The second-order valence-electron chi connectivity index (χ2n) is 5.94. The molecule has 1 N–H and O–H groups in total. The van der Waals surface area contributed by atoms with Gasteiger partial charge in [-0.1, -0.05) is 42.4 Å². The van der Waals surface area contributed by atoms with Crippen molar-refractivity contribution in [3.05, 3.63) is 30.3 Å². The van der Waals surface area contributed by atoms with Crippen LogP contribution in [-0.4, -0.2) is 58.2 Å². The predicted octanol–water partition coefficient (Wildman–Crippen LogP) is 1.50. The van der Waals surface area contributed by atoms with Crippen LogP contribution in [0.1, 0.15) is 13.3 Å². The number of amides is 1. The van der Waals surface area contributed by atoms with E-state index in [0.717, 1.165) is 5.56 Å². The number of carbonyl (C=O) groups is 2. The highest BCUT2D eigenvalue weighted by atomic mass is 16.5. The Morgan fingerprint density at radius 2 is 2.00 bits per heavy atom. The summed E-state index contributed by atoms with van der Waals surface area (Å²) in [6, 6.07) is 9.68. The predicted molar refractivity (Wildman–Crippen MR) is 89.9 cm³/mol. The molecule has 0 aliphatic carbocycles. The molecule has 1 amide bonds. The quantitative estimate of drug-likeness (QED) is 0.897. The summed E-state index contributed by atoms with van der Waals surface area (Å²) in [5, 5.41) is 13.4. The standard InChI is InChI=1S/C17H20N4O4/c1-2-14(22)20-8-9-21(11-13(10-20)16(23)24)17-18-15(19-25-17)12-6-4-3-5-7-12/h3-7,13H,2,8-11H2,1H3,(H,23,24). The van der Waals surface area contributed by atoms with Gasteiger partial charge in [0.15, 0.2) is 0 Å². The zero-order valence-corrected chi connectivity index (χ0v) is 14.0. The molecule has 25 heavy (non-hydrogen) atoms. The van der Waals surface area contributed by atoms with E-state index >= 15 is 0 Å². The highest BCUT2D eigenvalue weighted by molar-refractivity contribution is 5.78. The number of carboxylic acids is 1. The molecule has 1 aromatic carbocycles. The highest BCUT2D eigenvalue weighted by Gasteiger charge is 2.31. The van der Waals surface area contributed by atoms with E-state index in [-0.39, 0.29) is 25.0 Å². The first-order chi connectivity index (χ1) is 12.1. The van der Waals surface area contributed by atoms with E-state index in [1.807, 2.05) is 30.3 Å². The maximum atomic E-state index is 12.0. The lowest BCUT2D eigenvalue weighted by atomic mass is 10.1. The molecule has 8 heteroatoms. The highest BCUT2D eigenvalue weighted by Crippen LogP contribution is 2.22. The molecule has 0 radical (unpaired) electrons. The molecule has 0 spiro atoms. The maximum absolute atomic E-state index is 12.0. The number of hydrogen-bond acceptors (Lipinski definition) is 6. The SMILES string of the molecule is CCC(=O)N1CCN(c2nc(-c3ccccc3)no2)CC(C(=O)O)C1. The first kappa shape index (κ1) is 16.9. The Morgan fingerprint density at radius 1 is 1.24 bits per heavy atom. The van der Waals surface area contributed by atoms with Crippen molar-refractivity contribution in [2.75, 3.05) is 31.1 Å². The van der Waals surface area contributed by atoms with Gasteiger partial charge in [0.25, 0.3) is 0 Å². The summed E-state index contributed by atoms with van der Waals surface area (Å²) < 4.78 is 5.33. The number of aliphatic carboxylic acids is 1. The molecule has 1 unspecified atom stereocenters. The summed E-state index contributed by atoms with van der Waals surface area (Å²) in [7, 11) is 0. The Morgan fingerprint density at radius 3 is 2.68 bits per heavy atom. The number of carboxylic acid groups (broad SMARTS) is 1. The third-order valence-electron chi connectivity index (χ3n) is 4.24. The lowest BCUT2D eigenvalue weighted by Crippen LogP contribution is -2.37. The van der Waals surface area contributed by atoms with Gasteiger partial charge in [0.05, 0.1) is 5.92 Å². The Balaban J connectivity index is 1.81. The first-order valence-corrected chi connectivity index (χ1v) is 8.23. The smallest absolute Gasteiger partial charge is 0.324 e. The van der Waals surface area contributed by atoms with Crippen molar-refractivity contribution in [3.63, 3.8) is 0 Å². The molecule has 0 bridgehead atoms. The Kier molecular flexibility index (Phi) is 4.97. The zero-order chi connectivity index (χ0) is 17.8. The summed E-state index contributed by atoms with van der Waals surface area (Å²) in [6.07, 6.45) is 0.352. The Hall–Kier alpha value is -2.90. The van der Waals surface area contributed by atoms with Gasteiger partial charge >= 0.3 is 12.0 Å². The van der Waals surface area contributed by atoms with Crippen LogP contribution in [0.25, 0.3) is 11.4 Å². The van der Waals surface area contributed by atoms with E-state index in [0.29, 0.717) is 25.3 Å². The molecule has 8 nitrogen and oxygen atoms in total. The van der Waals surface area contributed by atoms with Crippen molar-refractivity contribution >= 4 is 17.9 Å². The van der Waals surface area contributed by atoms with Crippen molar-refractivity contribution in [2.45, 2.75) is 13.3 Å². The van der Waals surface area contributed by atoms with Crippen LogP contribution in [0.2, 0.25) is 0 Å². The summed E-state index contributed by atoms with van der Waals surface area (Å²) in [5.74, 6) is -1.24. The van der Waals surface area contributed by atoms with E-state index in [9.17, 15) is 14.7 Å². The molecule has 1 fully saturated rings. The van der Waals surface area contributed by atoms with Gasteiger partial charge in [-0.15, -0.1) is 0 Å². The van der Waals surface area contributed by atoms with Crippen molar-refractivity contribution in [2.24, 2.45) is 5.92 Å². The summed E-state index contributed by atoms with van der Waals surface area (Å²) in [6.45, 7) is 3.06. The minimum Gasteiger partial charge on any atom is -0.481 e. The molecule has 1 saturated heterocycles. The van der Waals surface area contributed by atoms with Crippen LogP contribution in [0.5, 0.6) is 0 Å². The fourth-order valence-corrected chi connectivity index (χ4v) is 2.84.